The van der Waals surface area contributed by atoms with Crippen LogP contribution in [0.15, 0.2) is 0 Å². The van der Waals surface area contributed by atoms with Gasteiger partial charge in [0, 0.05) is 38.6 Å². The van der Waals surface area contributed by atoms with Crippen molar-refractivity contribution in [3.05, 3.63) is 0 Å². The maximum absolute atomic E-state index is 14.3. The molecule has 31 N–H and O–H groups in total. The molecule has 13 atom stereocenters. The molecule has 94 heavy (non-hydrogen) atoms. The Morgan fingerprint density at radius 3 is 1.19 bits per heavy atom. The van der Waals surface area contributed by atoms with E-state index in [0.29, 0.717) is 32.2 Å². The molecule has 1 aliphatic rings. The molecule has 0 aromatic carbocycles. The van der Waals surface area contributed by atoms with Gasteiger partial charge in [0.2, 0.25) is 65.0 Å². The Labute approximate surface area is 548 Å². The van der Waals surface area contributed by atoms with Crippen LogP contribution >= 0.6 is 0 Å². The fourth-order valence-corrected chi connectivity index (χ4v) is 9.84. The molecule has 534 valence electrons. The Hall–Kier alpha value is -8.87. The average Bonchev–Trinajstić information content (AvgIpc) is 1.57. The van der Waals surface area contributed by atoms with Gasteiger partial charge in [0.25, 0.3) is 0 Å². The van der Waals surface area contributed by atoms with Gasteiger partial charge in [-0.05, 0) is 123 Å². The standard InChI is InChI=1S/C57H108N24O13/c1-28(2)39(43(59)84)77-47(88)35(18-12-24-69-55(62)63)73-50(91)40(29(3)4)78-45(86)31(6)72-46(87)34(17-9-10-22-58)74-51(92)41(32(7)82)79-48(89)36(19-13-25-70-56(64)65)75-52(93)42(33(8)83)80-49(90)38-21-15-27-81(38)53(94)37(20-14-26-71-57(66)67)76-44(85)30(5)16-11-23-68-54(60)61/h28-42,82-83H,9-27,58H2,1-8H3,(H2,59,84)(H,72,87)(H,73,91)(H,74,92)(H,75,93)(H,76,85)(H,77,88)(H,78,86)(H,79,89)(H,80,90)(H4,60,61,68)(H4,62,63,69)(H4,64,65,70)(H4,66,67,71)/t30-,31-,32+,33+,34-,35-,36-,37-,38-,39-,40-,41-,42-/m0/s1. The number of nitrogens with one attached hydrogen (secondary N) is 17. The molecule has 0 bridgehead atoms. The molecule has 0 unspecified atom stereocenters. The summed E-state index contributed by atoms with van der Waals surface area (Å²) in [6.07, 6.45) is -1.03. The molecule has 0 saturated carbocycles. The van der Waals surface area contributed by atoms with Crippen LogP contribution in [0.2, 0.25) is 0 Å². The van der Waals surface area contributed by atoms with Crippen LogP contribution in [0.1, 0.15) is 139 Å². The maximum Gasteiger partial charge on any atom is 0.245 e. The first-order chi connectivity index (χ1) is 44.0. The molecule has 0 spiro atoms. The Balaban J connectivity index is 3.45. The molecule has 37 nitrogen and oxygen atoms in total. The number of rotatable bonds is 44. The second kappa shape index (κ2) is 43.1. The SMILES string of the molecule is CC(C)[C@H](NC(=O)[C@H](CCCNC(=N)N)NC(=O)[C@@H](NC(=O)[C@H](C)NC(=O)[C@H](CCCCN)NC(=O)[C@@H](NC(=O)[C@H](CCCNC(=N)N)NC(=O)[C@@H](NC(=O)[C@@H]1CCCN1C(=O)[C@H](CCCNC(=N)N)NC(=O)[C@@H](C)CCCNC(=N)N)[C@@H](C)O)[C@@H](C)O)C(C)C)C(N)=O. The molecule has 1 saturated heterocycles. The van der Waals surface area contributed by atoms with Gasteiger partial charge in [-0.1, -0.05) is 34.6 Å². The van der Waals surface area contributed by atoms with E-state index in [9.17, 15) is 63.0 Å². The summed E-state index contributed by atoms with van der Waals surface area (Å²) < 4.78 is 0. The number of nitrogens with two attached hydrogens (primary N) is 6. The van der Waals surface area contributed by atoms with E-state index in [4.69, 9.17) is 56.0 Å². The van der Waals surface area contributed by atoms with Gasteiger partial charge < -0.3 is 119 Å². The molecular formula is C57H108N24O13. The molecule has 37 heteroatoms. The lowest BCUT2D eigenvalue weighted by molar-refractivity contribution is -0.143. The Morgan fingerprint density at radius 2 is 0.787 bits per heavy atom. The van der Waals surface area contributed by atoms with Crippen LogP contribution in [0.5, 0.6) is 0 Å². The second-order valence-corrected chi connectivity index (χ2v) is 24.1. The van der Waals surface area contributed by atoms with E-state index in [2.05, 4.69) is 69.1 Å². The van der Waals surface area contributed by atoms with Gasteiger partial charge >= 0.3 is 0 Å². The monoisotopic (exact) mass is 1340 g/mol. The zero-order valence-electron chi connectivity index (χ0n) is 55.4. The topological polar surface area (TPSA) is 639 Å². The van der Waals surface area contributed by atoms with Gasteiger partial charge in [-0.15, -0.1) is 0 Å². The number of primary amides is 1. The highest BCUT2D eigenvalue weighted by Gasteiger charge is 2.41. The summed E-state index contributed by atoms with van der Waals surface area (Å²) in [6.45, 7) is 12.8. The van der Waals surface area contributed by atoms with Crippen molar-refractivity contribution in [3.8, 4) is 0 Å². The summed E-state index contributed by atoms with van der Waals surface area (Å²) in [4.78, 5) is 153. The molecule has 1 aliphatic heterocycles. The molecule has 1 rings (SSSR count). The van der Waals surface area contributed by atoms with Gasteiger partial charge in [-0.25, -0.2) is 0 Å². The molecule has 1 fully saturated rings. The van der Waals surface area contributed by atoms with Crippen LogP contribution in [0.4, 0.5) is 0 Å². The Morgan fingerprint density at radius 1 is 0.426 bits per heavy atom. The number of carbonyl (C=O) groups is 11. The van der Waals surface area contributed by atoms with Crippen LogP contribution in [0.25, 0.3) is 0 Å². The number of unbranched alkanes of at least 4 members (excludes halogenated alkanes) is 1. The number of nitrogens with zero attached hydrogens (tertiary/aromatic N) is 1. The summed E-state index contributed by atoms with van der Waals surface area (Å²) in [5.74, 6) is -12.1. The molecule has 0 radical (unpaired) electrons. The molecule has 11 amide bonds. The second-order valence-electron chi connectivity index (χ2n) is 24.1. The predicted molar refractivity (Wildman–Crippen MR) is 349 cm³/mol. The Kier molecular flexibility index (Phi) is 38.1. The number of guanidine groups is 4. The van der Waals surface area contributed by atoms with Crippen LogP contribution in [-0.4, -0.2) is 216 Å². The minimum Gasteiger partial charge on any atom is -0.391 e. The quantitative estimate of drug-likeness (QED) is 0.0153. The lowest BCUT2D eigenvalue weighted by atomic mass is 10.0. The minimum atomic E-state index is -1.82. The first-order valence-electron chi connectivity index (χ1n) is 31.8. The number of aliphatic hydroxyl groups excluding tert-OH is 2. The summed E-state index contributed by atoms with van der Waals surface area (Å²) in [6, 6.07) is -13.9. The van der Waals surface area contributed by atoms with Gasteiger partial charge in [-0.2, -0.15) is 0 Å². The van der Waals surface area contributed by atoms with Crippen LogP contribution in [0, 0.1) is 39.4 Å². The van der Waals surface area contributed by atoms with Crippen molar-refractivity contribution in [2.24, 2.45) is 52.2 Å². The van der Waals surface area contributed by atoms with Crippen LogP contribution in [-0.2, 0) is 52.7 Å². The van der Waals surface area contributed by atoms with Crippen LogP contribution < -0.4 is 104 Å². The number of carbonyl (C=O) groups excluding carboxylic acids is 11. The third-order valence-electron chi connectivity index (χ3n) is 15.2. The number of hydrogen-bond donors (Lipinski definition) is 25. The van der Waals surface area contributed by atoms with Crippen molar-refractivity contribution in [3.63, 3.8) is 0 Å². The molecule has 0 aromatic rings. The zero-order chi connectivity index (χ0) is 71.5. The summed E-state index contributed by atoms with van der Waals surface area (Å²) >= 11 is 0. The van der Waals surface area contributed by atoms with Crippen molar-refractivity contribution >= 4 is 88.8 Å². The highest BCUT2D eigenvalue weighted by Crippen LogP contribution is 2.21. The first-order valence-corrected chi connectivity index (χ1v) is 31.8. The third-order valence-corrected chi connectivity index (χ3v) is 15.2. The van der Waals surface area contributed by atoms with Gasteiger partial charge in [-0.3, -0.25) is 74.4 Å². The fraction of sp³-hybridized carbons (Fsp3) is 0.737. The lowest BCUT2D eigenvalue weighted by Gasteiger charge is -2.31. The largest absolute Gasteiger partial charge is 0.391 e. The van der Waals surface area contributed by atoms with Gasteiger partial charge in [0.1, 0.15) is 60.4 Å². The number of aliphatic hydroxyl groups is 2. The predicted octanol–water partition coefficient (Wildman–Crippen LogP) is -7.26. The normalized spacial score (nSPS) is 16.6. The van der Waals surface area contributed by atoms with E-state index in [0.717, 1.165) is 6.92 Å². The highest BCUT2D eigenvalue weighted by molar-refractivity contribution is 5.99. The smallest absolute Gasteiger partial charge is 0.245 e. The van der Waals surface area contributed by atoms with Crippen molar-refractivity contribution in [2.45, 2.75) is 211 Å². The van der Waals surface area contributed by atoms with E-state index in [1.807, 2.05) is 0 Å². The van der Waals surface area contributed by atoms with Crippen molar-refractivity contribution < 1.29 is 63.0 Å². The van der Waals surface area contributed by atoms with E-state index < -0.39 is 161 Å². The van der Waals surface area contributed by atoms with Crippen molar-refractivity contribution in [2.75, 3.05) is 39.3 Å². The molecular weight excluding hydrogens is 1230 g/mol. The molecule has 0 aromatic heterocycles. The summed E-state index contributed by atoms with van der Waals surface area (Å²) in [5.41, 5.74) is 32.9. The van der Waals surface area contributed by atoms with Crippen molar-refractivity contribution in [1.29, 1.82) is 21.6 Å². The summed E-state index contributed by atoms with van der Waals surface area (Å²) in [7, 11) is 0. The Bertz CT molecular complexity index is 2580. The zero-order valence-corrected chi connectivity index (χ0v) is 55.4. The number of likely N-dealkylation sites (tertiary alicyclic amines) is 1. The van der Waals surface area contributed by atoms with Gasteiger partial charge in [0.15, 0.2) is 23.8 Å². The number of hydrogen-bond acceptors (Lipinski definition) is 18. The van der Waals surface area contributed by atoms with Crippen LogP contribution in [0.3, 0.4) is 0 Å². The maximum atomic E-state index is 14.3. The third kappa shape index (κ3) is 31.2. The molecule has 0 aliphatic carbocycles. The van der Waals surface area contributed by atoms with E-state index in [1.54, 1.807) is 34.6 Å². The van der Waals surface area contributed by atoms with E-state index >= 15 is 0 Å². The van der Waals surface area contributed by atoms with Gasteiger partial charge in [0.05, 0.1) is 12.2 Å². The molecule has 1 heterocycles. The minimum absolute atomic E-state index is 0.00330. The van der Waals surface area contributed by atoms with E-state index in [1.165, 1.54) is 18.7 Å². The fourth-order valence-electron chi connectivity index (χ4n) is 9.84. The average molecular weight is 1340 g/mol. The van der Waals surface area contributed by atoms with Crippen molar-refractivity contribution in [1.82, 2.24) is 74.0 Å². The first kappa shape index (κ1) is 83.1. The number of amides is 11. The highest BCUT2D eigenvalue weighted by atomic mass is 16.3. The summed E-state index contributed by atoms with van der Waals surface area (Å²) in [5, 5.41) is 85.3. The lowest BCUT2D eigenvalue weighted by Crippen LogP contribution is -2.62. The van der Waals surface area contributed by atoms with E-state index in [-0.39, 0.29) is 108 Å².